The molecule has 0 radical (unpaired) electrons. The summed E-state index contributed by atoms with van der Waals surface area (Å²) >= 11 is 0. The molecule has 0 amide bonds. The molecule has 0 aliphatic rings. The second kappa shape index (κ2) is 14.3. The second-order valence-corrected chi connectivity index (χ2v) is 15.6. The summed E-state index contributed by atoms with van der Waals surface area (Å²) in [5, 5.41) is 9.20. The zero-order chi connectivity index (χ0) is 40.3. The Labute approximate surface area is 352 Å². The summed E-state index contributed by atoms with van der Waals surface area (Å²) in [7, 11) is 0. The van der Waals surface area contributed by atoms with Crippen LogP contribution in [0, 0.1) is 0 Å². The molecule has 4 nitrogen and oxygen atoms in total. The molecule has 0 saturated heterocycles. The molecule has 2 heterocycles. The van der Waals surface area contributed by atoms with Gasteiger partial charge in [-0.05, 0) is 108 Å². The number of fused-ring (bicyclic) bond motifs is 6. The molecule has 0 bridgehead atoms. The number of furan rings is 1. The summed E-state index contributed by atoms with van der Waals surface area (Å²) in [6.07, 6.45) is 0. The van der Waals surface area contributed by atoms with Gasteiger partial charge in [-0.2, -0.15) is 0 Å². The Bertz CT molecular complexity index is 3650. The molecule has 0 N–H and O–H groups in total. The van der Waals surface area contributed by atoms with Crippen LogP contribution in [-0.2, 0) is 0 Å². The van der Waals surface area contributed by atoms with E-state index in [2.05, 4.69) is 194 Å². The van der Waals surface area contributed by atoms with Gasteiger partial charge in [0, 0.05) is 27.5 Å². The lowest BCUT2D eigenvalue weighted by Crippen LogP contribution is -2.00. The van der Waals surface area contributed by atoms with Crippen molar-refractivity contribution in [2.24, 2.45) is 0 Å². The number of benzene rings is 10. The highest BCUT2D eigenvalue weighted by Crippen LogP contribution is 2.41. The zero-order valence-electron chi connectivity index (χ0n) is 33.0. The number of hydrogen-bond donors (Lipinski definition) is 0. The van der Waals surface area contributed by atoms with Gasteiger partial charge in [0.05, 0.1) is 0 Å². The fourth-order valence-electron chi connectivity index (χ4n) is 8.70. The number of aromatic nitrogens is 3. The molecule has 0 aliphatic carbocycles. The average Bonchev–Trinajstić information content (AvgIpc) is 3.72. The van der Waals surface area contributed by atoms with Gasteiger partial charge in [-0.1, -0.05) is 170 Å². The van der Waals surface area contributed by atoms with Gasteiger partial charge in [-0.15, -0.1) is 0 Å². The Hall–Kier alpha value is -8.21. The van der Waals surface area contributed by atoms with Crippen LogP contribution in [0.15, 0.2) is 217 Å². The van der Waals surface area contributed by atoms with Crippen molar-refractivity contribution >= 4 is 54.3 Å². The first-order valence-electron chi connectivity index (χ1n) is 20.6. The van der Waals surface area contributed by atoms with Crippen LogP contribution in [0.2, 0.25) is 0 Å². The van der Waals surface area contributed by atoms with Crippen LogP contribution in [0.4, 0.5) is 0 Å². The minimum absolute atomic E-state index is 0.619. The Morgan fingerprint density at radius 1 is 0.262 bits per heavy atom. The Morgan fingerprint density at radius 2 is 0.721 bits per heavy atom. The zero-order valence-corrected chi connectivity index (χ0v) is 33.0. The first-order chi connectivity index (χ1) is 30.2. The molecular formula is C57H35N3O. The molecule has 61 heavy (non-hydrogen) atoms. The smallest absolute Gasteiger partial charge is 0.164 e. The molecule has 12 rings (SSSR count). The normalized spacial score (nSPS) is 11.6. The van der Waals surface area contributed by atoms with Crippen molar-refractivity contribution in [3.63, 3.8) is 0 Å². The van der Waals surface area contributed by atoms with Crippen LogP contribution in [0.5, 0.6) is 0 Å². The lowest BCUT2D eigenvalue weighted by molar-refractivity contribution is 0.669. The topological polar surface area (TPSA) is 51.8 Å². The third-order valence-corrected chi connectivity index (χ3v) is 11.9. The SMILES string of the molecule is c1ccc(-c2cc(-c3ccc4ccc(-c5nc(-c6ccc(-c7ccc8ccccc8c7)cc6)nc(-c6ccc7ccccc7c6)n5)cc4c3)c3c(c2)oc2ccccc23)cc1. The van der Waals surface area contributed by atoms with Gasteiger partial charge in [0.1, 0.15) is 11.2 Å². The van der Waals surface area contributed by atoms with E-state index in [1.54, 1.807) is 0 Å². The molecule has 0 saturated carbocycles. The summed E-state index contributed by atoms with van der Waals surface area (Å²) in [4.78, 5) is 15.5. The maximum atomic E-state index is 6.48. The van der Waals surface area contributed by atoms with E-state index < -0.39 is 0 Å². The molecule has 10 aromatic carbocycles. The van der Waals surface area contributed by atoms with E-state index in [9.17, 15) is 0 Å². The molecule has 0 unspecified atom stereocenters. The van der Waals surface area contributed by atoms with E-state index in [0.717, 1.165) is 82.6 Å². The van der Waals surface area contributed by atoms with E-state index in [4.69, 9.17) is 19.4 Å². The Morgan fingerprint density at radius 3 is 1.41 bits per heavy atom. The highest BCUT2D eigenvalue weighted by atomic mass is 16.3. The van der Waals surface area contributed by atoms with E-state index in [0.29, 0.717) is 17.5 Å². The maximum absolute atomic E-state index is 6.48. The van der Waals surface area contributed by atoms with Crippen molar-refractivity contribution in [3.05, 3.63) is 212 Å². The van der Waals surface area contributed by atoms with E-state index in [-0.39, 0.29) is 0 Å². The molecule has 284 valence electrons. The predicted octanol–water partition coefficient (Wildman–Crippen LogP) is 15.2. The minimum Gasteiger partial charge on any atom is -0.456 e. The van der Waals surface area contributed by atoms with Gasteiger partial charge in [-0.3, -0.25) is 0 Å². The number of hydrogen-bond acceptors (Lipinski definition) is 4. The van der Waals surface area contributed by atoms with E-state index >= 15 is 0 Å². The summed E-state index contributed by atoms with van der Waals surface area (Å²) in [6.45, 7) is 0. The van der Waals surface area contributed by atoms with Crippen molar-refractivity contribution in [1.82, 2.24) is 15.0 Å². The fourth-order valence-corrected chi connectivity index (χ4v) is 8.70. The van der Waals surface area contributed by atoms with Crippen LogP contribution < -0.4 is 0 Å². The molecular weight excluding hydrogens is 743 g/mol. The highest BCUT2D eigenvalue weighted by Gasteiger charge is 2.17. The molecule has 12 aromatic rings. The Balaban J connectivity index is 0.991. The van der Waals surface area contributed by atoms with Crippen LogP contribution in [0.1, 0.15) is 0 Å². The second-order valence-electron chi connectivity index (χ2n) is 15.6. The van der Waals surface area contributed by atoms with E-state index in [1.165, 1.54) is 21.7 Å². The molecule has 0 aliphatic heterocycles. The third-order valence-electron chi connectivity index (χ3n) is 11.9. The van der Waals surface area contributed by atoms with Crippen molar-refractivity contribution in [2.75, 3.05) is 0 Å². The third kappa shape index (κ3) is 6.30. The number of rotatable bonds is 6. The monoisotopic (exact) mass is 777 g/mol. The molecule has 4 heteroatoms. The van der Waals surface area contributed by atoms with Crippen LogP contribution >= 0.6 is 0 Å². The largest absolute Gasteiger partial charge is 0.456 e. The maximum Gasteiger partial charge on any atom is 0.164 e. The first-order valence-corrected chi connectivity index (χ1v) is 20.6. The molecule has 0 fully saturated rings. The predicted molar refractivity (Wildman–Crippen MR) is 252 cm³/mol. The van der Waals surface area contributed by atoms with Gasteiger partial charge in [0.2, 0.25) is 0 Å². The summed E-state index contributed by atoms with van der Waals surface area (Å²) in [5.41, 5.74) is 11.3. The van der Waals surface area contributed by atoms with Gasteiger partial charge in [0.25, 0.3) is 0 Å². The van der Waals surface area contributed by atoms with Crippen molar-refractivity contribution in [1.29, 1.82) is 0 Å². The fraction of sp³-hybridized carbons (Fsp3) is 0. The minimum atomic E-state index is 0.619. The Kier molecular flexibility index (Phi) is 8.13. The van der Waals surface area contributed by atoms with Crippen molar-refractivity contribution < 1.29 is 4.42 Å². The van der Waals surface area contributed by atoms with Gasteiger partial charge in [0.15, 0.2) is 17.5 Å². The number of nitrogens with zero attached hydrogens (tertiary/aromatic N) is 3. The summed E-state index contributed by atoms with van der Waals surface area (Å²) in [5.74, 6) is 1.87. The van der Waals surface area contributed by atoms with Gasteiger partial charge in [-0.25, -0.2) is 15.0 Å². The molecule has 0 atom stereocenters. The van der Waals surface area contributed by atoms with Crippen molar-refractivity contribution in [2.45, 2.75) is 0 Å². The van der Waals surface area contributed by atoms with E-state index in [1.807, 2.05) is 18.2 Å². The summed E-state index contributed by atoms with van der Waals surface area (Å²) in [6, 6.07) is 74.8. The molecule has 2 aromatic heterocycles. The van der Waals surface area contributed by atoms with Gasteiger partial charge < -0.3 is 4.42 Å². The van der Waals surface area contributed by atoms with Gasteiger partial charge >= 0.3 is 0 Å². The quantitative estimate of drug-likeness (QED) is 0.169. The standard InChI is InChI=1S/C57H35N3O/c1-2-10-36(11-3-1)49-34-51(54-50-16-8-9-17-52(50)61-53(54)35-49)45-27-21-40-23-29-47(33-48(40)32-45)57-59-55(58-56(60-57)46-28-22-38-13-5-7-15-43(38)31-46)41-24-18-39(19-25-41)44-26-20-37-12-4-6-14-42(37)30-44/h1-35H. The van der Waals surface area contributed by atoms with Crippen LogP contribution in [0.25, 0.3) is 122 Å². The lowest BCUT2D eigenvalue weighted by atomic mass is 9.93. The highest BCUT2D eigenvalue weighted by molar-refractivity contribution is 6.14. The van der Waals surface area contributed by atoms with Crippen molar-refractivity contribution in [3.8, 4) is 67.5 Å². The lowest BCUT2D eigenvalue weighted by Gasteiger charge is -2.12. The summed E-state index contributed by atoms with van der Waals surface area (Å²) < 4.78 is 6.48. The average molecular weight is 778 g/mol. The van der Waals surface area contributed by atoms with Crippen LogP contribution in [0.3, 0.4) is 0 Å². The van der Waals surface area contributed by atoms with Crippen LogP contribution in [-0.4, -0.2) is 15.0 Å². The number of para-hydroxylation sites is 1. The first kappa shape index (κ1) is 34.8. The molecule has 0 spiro atoms.